The van der Waals surface area contributed by atoms with E-state index in [1.54, 1.807) is 0 Å². The van der Waals surface area contributed by atoms with Gasteiger partial charge in [0.15, 0.2) is 0 Å². The standard InChI is InChI=1S/C18H14P.B.Li/c1-4-10-16(11-5-1)19(17-12-6-2-7-13-17)18-14-8-3-9-15-18;;/h1-14H;;/q-1;;+1. The van der Waals surface area contributed by atoms with Crippen LogP contribution in [-0.2, 0) is 0 Å². The van der Waals surface area contributed by atoms with Gasteiger partial charge in [0.05, 0.1) is 0 Å². The van der Waals surface area contributed by atoms with Crippen molar-refractivity contribution in [1.29, 1.82) is 0 Å². The van der Waals surface area contributed by atoms with Gasteiger partial charge in [0, 0.05) is 8.41 Å². The molecular formula is C18H14BLiP. The van der Waals surface area contributed by atoms with Gasteiger partial charge in [0.25, 0.3) is 0 Å². The van der Waals surface area contributed by atoms with E-state index in [4.69, 9.17) is 0 Å². The minimum absolute atomic E-state index is 0. The summed E-state index contributed by atoms with van der Waals surface area (Å²) in [6.45, 7) is 0. The zero-order valence-corrected chi connectivity index (χ0v) is 13.0. The largest absolute Gasteiger partial charge is 1.00 e. The Labute approximate surface area is 142 Å². The predicted molar refractivity (Wildman–Crippen MR) is 89.7 cm³/mol. The van der Waals surface area contributed by atoms with E-state index in [9.17, 15) is 0 Å². The average molecular weight is 279 g/mol. The van der Waals surface area contributed by atoms with Gasteiger partial charge in [0.1, 0.15) is 0 Å². The Morgan fingerprint density at radius 2 is 1.10 bits per heavy atom. The Morgan fingerprint density at radius 3 is 1.52 bits per heavy atom. The summed E-state index contributed by atoms with van der Waals surface area (Å²) >= 11 is 0. The molecule has 0 aliphatic rings. The summed E-state index contributed by atoms with van der Waals surface area (Å²) in [4.78, 5) is 0. The van der Waals surface area contributed by atoms with Crippen LogP contribution in [0.3, 0.4) is 0 Å². The monoisotopic (exact) mass is 279 g/mol. The molecule has 0 bridgehead atoms. The Bertz CT molecular complexity index is 535. The summed E-state index contributed by atoms with van der Waals surface area (Å²) in [5.41, 5.74) is 0. The maximum absolute atomic E-state index is 3.39. The topological polar surface area (TPSA) is 0 Å². The molecule has 0 unspecified atom stereocenters. The molecule has 0 aliphatic heterocycles. The minimum atomic E-state index is -0.502. The second kappa shape index (κ2) is 8.91. The van der Waals surface area contributed by atoms with Crippen LogP contribution in [0.2, 0.25) is 0 Å². The molecule has 0 saturated carbocycles. The number of benzene rings is 3. The normalized spacial score (nSPS) is 9.57. The van der Waals surface area contributed by atoms with E-state index in [1.165, 1.54) is 15.9 Å². The molecule has 3 aromatic carbocycles. The van der Waals surface area contributed by atoms with E-state index >= 15 is 0 Å². The molecule has 0 N–H and O–H groups in total. The molecule has 3 heteroatoms. The molecule has 0 fully saturated rings. The first kappa shape index (κ1) is 17.8. The average Bonchev–Trinajstić information content (AvgIpc) is 2.51. The molecule has 3 rings (SSSR count). The molecule has 3 aromatic rings. The number of hydrogen-bond acceptors (Lipinski definition) is 0. The quantitative estimate of drug-likeness (QED) is 0.356. The first-order valence-corrected chi connectivity index (χ1v) is 7.66. The van der Waals surface area contributed by atoms with Gasteiger partial charge in [0.2, 0.25) is 0 Å². The van der Waals surface area contributed by atoms with Crippen LogP contribution < -0.4 is 34.8 Å². The van der Waals surface area contributed by atoms with E-state index in [2.05, 4.69) is 78.9 Å². The molecule has 0 heterocycles. The van der Waals surface area contributed by atoms with Gasteiger partial charge in [-0.1, -0.05) is 60.7 Å². The summed E-state index contributed by atoms with van der Waals surface area (Å²) in [6.07, 6.45) is 0. The van der Waals surface area contributed by atoms with E-state index < -0.39 is 7.92 Å². The van der Waals surface area contributed by atoms with Crippen LogP contribution in [0.15, 0.2) is 84.9 Å². The van der Waals surface area contributed by atoms with Crippen molar-refractivity contribution in [2.24, 2.45) is 0 Å². The molecule has 0 nitrogen and oxygen atoms in total. The smallest absolute Gasteiger partial charge is 0.176 e. The molecular weight excluding hydrogens is 265 g/mol. The van der Waals surface area contributed by atoms with Crippen molar-refractivity contribution in [3.8, 4) is 0 Å². The van der Waals surface area contributed by atoms with E-state index in [0.29, 0.717) is 0 Å². The molecule has 0 aliphatic carbocycles. The maximum atomic E-state index is 3.39. The van der Waals surface area contributed by atoms with Gasteiger partial charge in [-0.2, -0.15) is 30.3 Å². The van der Waals surface area contributed by atoms with Crippen molar-refractivity contribution in [3.05, 3.63) is 91.0 Å². The summed E-state index contributed by atoms with van der Waals surface area (Å²) in [7, 11) is -0.502. The molecule has 21 heavy (non-hydrogen) atoms. The van der Waals surface area contributed by atoms with Crippen LogP contribution in [0.1, 0.15) is 0 Å². The first-order valence-electron chi connectivity index (χ1n) is 6.32. The van der Waals surface area contributed by atoms with Crippen molar-refractivity contribution in [2.45, 2.75) is 0 Å². The Kier molecular flexibility index (Phi) is 7.55. The molecule has 0 spiro atoms. The summed E-state index contributed by atoms with van der Waals surface area (Å²) < 4.78 is 0. The summed E-state index contributed by atoms with van der Waals surface area (Å²) in [5, 5.41) is 4.01. The zero-order valence-electron chi connectivity index (χ0n) is 12.1. The van der Waals surface area contributed by atoms with Crippen molar-refractivity contribution >= 4 is 32.2 Å². The third-order valence-corrected chi connectivity index (χ3v) is 5.35. The van der Waals surface area contributed by atoms with Crippen LogP contribution in [0.25, 0.3) is 0 Å². The Balaban J connectivity index is 0.00000110. The zero-order chi connectivity index (χ0) is 12.9. The molecule has 95 valence electrons. The second-order valence-corrected chi connectivity index (χ2v) is 6.44. The van der Waals surface area contributed by atoms with Gasteiger partial charge in [-0.15, -0.1) is 5.30 Å². The molecule has 0 saturated heterocycles. The van der Waals surface area contributed by atoms with Crippen LogP contribution in [0.4, 0.5) is 0 Å². The van der Waals surface area contributed by atoms with Crippen molar-refractivity contribution < 1.29 is 18.9 Å². The first-order chi connectivity index (χ1) is 9.45. The minimum Gasteiger partial charge on any atom is -0.176 e. The van der Waals surface area contributed by atoms with Crippen molar-refractivity contribution in [3.63, 3.8) is 0 Å². The van der Waals surface area contributed by atoms with Crippen LogP contribution >= 0.6 is 7.92 Å². The Morgan fingerprint density at radius 1 is 0.619 bits per heavy atom. The van der Waals surface area contributed by atoms with Gasteiger partial charge in [-0.3, -0.25) is 0 Å². The van der Waals surface area contributed by atoms with Crippen molar-refractivity contribution in [2.75, 3.05) is 0 Å². The predicted octanol–water partition coefficient (Wildman–Crippen LogP) is -0.132. The third kappa shape index (κ3) is 4.36. The number of hydrogen-bond donors (Lipinski definition) is 0. The molecule has 0 aromatic heterocycles. The van der Waals surface area contributed by atoms with Gasteiger partial charge >= 0.3 is 18.9 Å². The maximum Gasteiger partial charge on any atom is 1.00 e. The molecule has 3 radical (unpaired) electrons. The van der Waals surface area contributed by atoms with E-state index in [1.807, 2.05) is 12.1 Å². The van der Waals surface area contributed by atoms with Gasteiger partial charge in [-0.05, 0) is 18.5 Å². The van der Waals surface area contributed by atoms with Crippen molar-refractivity contribution in [1.82, 2.24) is 0 Å². The third-order valence-electron chi connectivity index (χ3n) is 2.96. The second-order valence-electron chi connectivity index (χ2n) is 4.25. The van der Waals surface area contributed by atoms with Gasteiger partial charge < -0.3 is 0 Å². The van der Waals surface area contributed by atoms with Crippen LogP contribution in [0, 0.1) is 6.07 Å². The fourth-order valence-electron chi connectivity index (χ4n) is 2.10. The van der Waals surface area contributed by atoms with Gasteiger partial charge in [-0.25, -0.2) is 0 Å². The molecule has 0 amide bonds. The fourth-order valence-corrected chi connectivity index (χ4v) is 4.34. The summed E-state index contributed by atoms with van der Waals surface area (Å²) in [6, 6.07) is 33.1. The Hall–Kier alpha value is -1.25. The SMILES string of the molecule is [B].[Li+].[c-]1ccccc1P(c1ccccc1)c1ccccc1. The van der Waals surface area contributed by atoms with E-state index in [-0.39, 0.29) is 27.3 Å². The van der Waals surface area contributed by atoms with Crippen LogP contribution in [0.5, 0.6) is 0 Å². The molecule has 0 atom stereocenters. The number of rotatable bonds is 3. The fraction of sp³-hybridized carbons (Fsp3) is 0. The van der Waals surface area contributed by atoms with E-state index in [0.717, 1.165) is 0 Å². The van der Waals surface area contributed by atoms with Crippen LogP contribution in [-0.4, -0.2) is 8.41 Å². The summed E-state index contributed by atoms with van der Waals surface area (Å²) in [5.74, 6) is 0.